The number of pyridine rings is 1. The van der Waals surface area contributed by atoms with Crippen LogP contribution in [0.5, 0.6) is 0 Å². The Morgan fingerprint density at radius 2 is 1.96 bits per heavy atom. The van der Waals surface area contributed by atoms with Crippen LogP contribution in [-0.2, 0) is 6.54 Å². The highest BCUT2D eigenvalue weighted by Crippen LogP contribution is 2.23. The lowest BCUT2D eigenvalue weighted by Gasteiger charge is -2.21. The van der Waals surface area contributed by atoms with E-state index >= 15 is 0 Å². The highest BCUT2D eigenvalue weighted by Gasteiger charge is 2.25. The Labute approximate surface area is 163 Å². The van der Waals surface area contributed by atoms with Crippen LogP contribution >= 0.6 is 0 Å². The number of hydrogen-bond donors (Lipinski definition) is 2. The molecule has 146 valence electrons. The Bertz CT molecular complexity index is 968. The van der Waals surface area contributed by atoms with Crippen LogP contribution in [-0.4, -0.2) is 32.7 Å². The Kier molecular flexibility index (Phi) is 5.39. The summed E-state index contributed by atoms with van der Waals surface area (Å²) in [4.78, 5) is 17.4. The minimum Gasteiger partial charge on any atom is -0.391 e. The van der Waals surface area contributed by atoms with Gasteiger partial charge in [0.1, 0.15) is 11.3 Å². The molecule has 0 aliphatic heterocycles. The lowest BCUT2D eigenvalue weighted by atomic mass is 10.1. The molecule has 4 rings (SSSR count). The van der Waals surface area contributed by atoms with E-state index in [-0.39, 0.29) is 17.8 Å². The highest BCUT2D eigenvalue weighted by molar-refractivity contribution is 6.05. The number of rotatable bonds is 4. The monoisotopic (exact) mass is 381 g/mol. The second-order valence-corrected chi connectivity index (χ2v) is 7.45. The average molecular weight is 381 g/mol. The van der Waals surface area contributed by atoms with Gasteiger partial charge in [-0.3, -0.25) is 9.78 Å². The summed E-state index contributed by atoms with van der Waals surface area (Å²) in [5.41, 5.74) is 2.91. The minimum absolute atomic E-state index is 0.215. The Morgan fingerprint density at radius 3 is 2.79 bits per heavy atom. The molecule has 0 bridgehead atoms. The van der Waals surface area contributed by atoms with E-state index in [1.807, 2.05) is 16.7 Å². The fraction of sp³-hybridized carbons (Fsp3) is 0.364. The number of benzene rings is 1. The zero-order valence-corrected chi connectivity index (χ0v) is 15.6. The van der Waals surface area contributed by atoms with E-state index in [1.54, 1.807) is 24.5 Å². The van der Waals surface area contributed by atoms with Crippen molar-refractivity contribution >= 4 is 16.9 Å². The van der Waals surface area contributed by atoms with E-state index < -0.39 is 6.10 Å². The van der Waals surface area contributed by atoms with Crippen LogP contribution in [0.1, 0.15) is 48.0 Å². The lowest BCUT2D eigenvalue weighted by molar-refractivity contribution is 0.0820. The molecule has 2 N–H and O–H groups in total. The average Bonchev–Trinajstić information content (AvgIpc) is 2.94. The van der Waals surface area contributed by atoms with Gasteiger partial charge >= 0.3 is 0 Å². The molecule has 3 aromatic rings. The Balaban J connectivity index is 1.61. The largest absolute Gasteiger partial charge is 0.391 e. The van der Waals surface area contributed by atoms with Gasteiger partial charge in [-0.2, -0.15) is 0 Å². The van der Waals surface area contributed by atoms with Crippen molar-refractivity contribution in [3.63, 3.8) is 0 Å². The van der Waals surface area contributed by atoms with Crippen LogP contribution in [0, 0.1) is 5.82 Å². The first-order chi connectivity index (χ1) is 13.6. The molecule has 1 aliphatic rings. The molecule has 0 radical (unpaired) electrons. The standard InChI is InChI=1S/C22H24FN3O2/c23-16-10-8-15(9-11-16)13-26-14-17(21-19(26)6-4-12-24-21)22(28)25-18-5-2-1-3-7-20(18)27/h4,6,8-12,14,18,20,27H,1-3,5,7,13H2,(H,25,28)/t18-,20-/m0/s1. The molecule has 1 saturated carbocycles. The van der Waals surface area contributed by atoms with Gasteiger partial charge < -0.3 is 15.0 Å². The molecule has 0 unspecified atom stereocenters. The Hall–Kier alpha value is -2.73. The number of fused-ring (bicyclic) bond motifs is 1. The number of hydrogen-bond acceptors (Lipinski definition) is 3. The SMILES string of the molecule is O=C(N[C@H]1CCCCC[C@@H]1O)c1cn(Cc2ccc(F)cc2)c2cccnc12. The quantitative estimate of drug-likeness (QED) is 0.678. The van der Waals surface area contributed by atoms with Crippen LogP contribution in [0.2, 0.25) is 0 Å². The molecule has 2 aromatic heterocycles. The predicted octanol–water partition coefficient (Wildman–Crippen LogP) is 3.65. The summed E-state index contributed by atoms with van der Waals surface area (Å²) in [5, 5.41) is 13.3. The topological polar surface area (TPSA) is 67.2 Å². The number of halogens is 1. The first-order valence-electron chi connectivity index (χ1n) is 9.79. The van der Waals surface area contributed by atoms with Gasteiger partial charge in [-0.05, 0) is 42.7 Å². The molecular weight excluding hydrogens is 357 g/mol. The van der Waals surface area contributed by atoms with E-state index in [4.69, 9.17) is 0 Å². The molecule has 2 heterocycles. The summed E-state index contributed by atoms with van der Waals surface area (Å²) in [6, 6.07) is 9.86. The fourth-order valence-electron chi connectivity index (χ4n) is 3.91. The van der Waals surface area contributed by atoms with Crippen molar-refractivity contribution in [2.24, 2.45) is 0 Å². The zero-order valence-electron chi connectivity index (χ0n) is 15.6. The number of aliphatic hydroxyl groups excluding tert-OH is 1. The van der Waals surface area contributed by atoms with Crippen molar-refractivity contribution in [2.45, 2.75) is 50.8 Å². The molecular formula is C22H24FN3O2. The molecule has 6 heteroatoms. The second kappa shape index (κ2) is 8.10. The molecule has 0 spiro atoms. The maximum Gasteiger partial charge on any atom is 0.255 e. The molecule has 2 atom stereocenters. The third-order valence-electron chi connectivity index (χ3n) is 5.44. The van der Waals surface area contributed by atoms with Crippen LogP contribution in [0.25, 0.3) is 11.0 Å². The number of amides is 1. The summed E-state index contributed by atoms with van der Waals surface area (Å²) in [6.45, 7) is 0.516. The number of nitrogens with one attached hydrogen (secondary N) is 1. The molecule has 28 heavy (non-hydrogen) atoms. The molecule has 1 aromatic carbocycles. The molecule has 5 nitrogen and oxygen atoms in total. The highest BCUT2D eigenvalue weighted by atomic mass is 19.1. The lowest BCUT2D eigenvalue weighted by Crippen LogP contribution is -2.42. The van der Waals surface area contributed by atoms with E-state index in [1.165, 1.54) is 12.1 Å². The number of carbonyl (C=O) groups excluding carboxylic acids is 1. The fourth-order valence-corrected chi connectivity index (χ4v) is 3.91. The number of aromatic nitrogens is 2. The molecule has 1 aliphatic carbocycles. The van der Waals surface area contributed by atoms with Gasteiger partial charge in [0.05, 0.1) is 23.2 Å². The zero-order chi connectivity index (χ0) is 19.5. The Morgan fingerprint density at radius 1 is 1.18 bits per heavy atom. The van der Waals surface area contributed by atoms with Crippen LogP contribution < -0.4 is 5.32 Å². The third-order valence-corrected chi connectivity index (χ3v) is 5.44. The van der Waals surface area contributed by atoms with Crippen LogP contribution in [0.3, 0.4) is 0 Å². The molecule has 0 saturated heterocycles. The van der Waals surface area contributed by atoms with Crippen molar-refractivity contribution in [3.8, 4) is 0 Å². The van der Waals surface area contributed by atoms with Gasteiger partial charge in [-0.25, -0.2) is 4.39 Å². The van der Waals surface area contributed by atoms with Gasteiger partial charge in [-0.15, -0.1) is 0 Å². The normalized spacial score (nSPS) is 20.1. The van der Waals surface area contributed by atoms with E-state index in [9.17, 15) is 14.3 Å². The molecule has 1 fully saturated rings. The maximum atomic E-state index is 13.2. The summed E-state index contributed by atoms with van der Waals surface area (Å²) >= 11 is 0. The van der Waals surface area contributed by atoms with Crippen molar-refractivity contribution < 1.29 is 14.3 Å². The predicted molar refractivity (Wildman–Crippen MR) is 106 cm³/mol. The van der Waals surface area contributed by atoms with Crippen molar-refractivity contribution in [3.05, 3.63) is 65.7 Å². The van der Waals surface area contributed by atoms with Crippen molar-refractivity contribution in [1.29, 1.82) is 0 Å². The molecule has 1 amide bonds. The summed E-state index contributed by atoms with van der Waals surface area (Å²) in [7, 11) is 0. The van der Waals surface area contributed by atoms with Gasteiger partial charge in [-0.1, -0.05) is 31.4 Å². The number of aliphatic hydroxyl groups is 1. The second-order valence-electron chi connectivity index (χ2n) is 7.45. The smallest absolute Gasteiger partial charge is 0.255 e. The van der Waals surface area contributed by atoms with Gasteiger partial charge in [0, 0.05) is 18.9 Å². The number of nitrogens with zero attached hydrogens (tertiary/aromatic N) is 2. The van der Waals surface area contributed by atoms with Gasteiger partial charge in [0.2, 0.25) is 0 Å². The van der Waals surface area contributed by atoms with E-state index in [0.717, 1.165) is 43.2 Å². The van der Waals surface area contributed by atoms with E-state index in [0.29, 0.717) is 17.6 Å². The van der Waals surface area contributed by atoms with Crippen LogP contribution in [0.4, 0.5) is 4.39 Å². The third kappa shape index (κ3) is 3.92. The summed E-state index contributed by atoms with van der Waals surface area (Å²) < 4.78 is 15.1. The van der Waals surface area contributed by atoms with Gasteiger partial charge in [0.25, 0.3) is 5.91 Å². The first kappa shape index (κ1) is 18.6. The van der Waals surface area contributed by atoms with Gasteiger partial charge in [0.15, 0.2) is 0 Å². The maximum absolute atomic E-state index is 13.2. The summed E-state index contributed by atoms with van der Waals surface area (Å²) in [6.07, 6.45) is 7.54. The summed E-state index contributed by atoms with van der Waals surface area (Å²) in [5.74, 6) is -0.489. The van der Waals surface area contributed by atoms with Crippen molar-refractivity contribution in [1.82, 2.24) is 14.9 Å². The minimum atomic E-state index is -0.507. The van der Waals surface area contributed by atoms with Crippen LogP contribution in [0.15, 0.2) is 48.8 Å². The van der Waals surface area contributed by atoms with Crippen molar-refractivity contribution in [2.75, 3.05) is 0 Å². The number of carbonyl (C=O) groups is 1. The van der Waals surface area contributed by atoms with E-state index in [2.05, 4.69) is 10.3 Å². The first-order valence-corrected chi connectivity index (χ1v) is 9.79.